The van der Waals surface area contributed by atoms with Gasteiger partial charge in [0.2, 0.25) is 0 Å². The lowest BCUT2D eigenvalue weighted by Gasteiger charge is -2.07. The number of carbonyl (C=O) groups is 2. The topological polar surface area (TPSA) is 71.2 Å². The Labute approximate surface area is 150 Å². The van der Waals surface area contributed by atoms with E-state index in [0.29, 0.717) is 18.5 Å². The molecule has 6 heteroatoms. The molecule has 2 aromatic carbocycles. The Morgan fingerprint density at radius 1 is 1.12 bits per heavy atom. The standard InChI is InChI=1S/C20H19FN2O3/c21-16-5-3-4-14(10-16)11-20(25)26-13-19(24)22-9-8-15-12-23-18-7-2-1-6-17(15)18/h1-7,10,12,23H,8-9,11,13H2,(H,22,24). The van der Waals surface area contributed by atoms with Gasteiger partial charge in [0, 0.05) is 23.6 Å². The summed E-state index contributed by atoms with van der Waals surface area (Å²) in [5.41, 5.74) is 2.68. The molecule has 0 unspecified atom stereocenters. The second-order valence-corrected chi connectivity index (χ2v) is 5.93. The third-order valence-electron chi connectivity index (χ3n) is 3.99. The number of halogens is 1. The van der Waals surface area contributed by atoms with Crippen LogP contribution in [0.25, 0.3) is 10.9 Å². The first-order chi connectivity index (χ1) is 12.6. The molecule has 0 saturated carbocycles. The van der Waals surface area contributed by atoms with Gasteiger partial charge in [-0.3, -0.25) is 9.59 Å². The van der Waals surface area contributed by atoms with Gasteiger partial charge in [-0.25, -0.2) is 4.39 Å². The van der Waals surface area contributed by atoms with Gasteiger partial charge in [-0.05, 0) is 35.7 Å². The molecule has 0 aliphatic rings. The van der Waals surface area contributed by atoms with E-state index in [0.717, 1.165) is 16.5 Å². The van der Waals surface area contributed by atoms with Gasteiger partial charge in [0.05, 0.1) is 6.42 Å². The first-order valence-corrected chi connectivity index (χ1v) is 8.33. The largest absolute Gasteiger partial charge is 0.455 e. The molecule has 5 nitrogen and oxygen atoms in total. The Kier molecular flexibility index (Phi) is 5.63. The van der Waals surface area contributed by atoms with E-state index in [-0.39, 0.29) is 18.9 Å². The molecule has 2 N–H and O–H groups in total. The highest BCUT2D eigenvalue weighted by Crippen LogP contribution is 2.17. The third kappa shape index (κ3) is 4.69. The van der Waals surface area contributed by atoms with Gasteiger partial charge >= 0.3 is 5.97 Å². The average molecular weight is 354 g/mol. The predicted octanol–water partition coefficient (Wildman–Crippen LogP) is 2.75. The molecule has 0 aliphatic carbocycles. The van der Waals surface area contributed by atoms with E-state index in [9.17, 15) is 14.0 Å². The van der Waals surface area contributed by atoms with Gasteiger partial charge in [0.15, 0.2) is 6.61 Å². The highest BCUT2D eigenvalue weighted by Gasteiger charge is 2.09. The first-order valence-electron chi connectivity index (χ1n) is 8.33. The van der Waals surface area contributed by atoms with Crippen molar-refractivity contribution in [1.29, 1.82) is 0 Å². The molecule has 3 rings (SSSR count). The maximum Gasteiger partial charge on any atom is 0.310 e. The van der Waals surface area contributed by atoms with Gasteiger partial charge < -0.3 is 15.0 Å². The van der Waals surface area contributed by atoms with Crippen LogP contribution >= 0.6 is 0 Å². The Morgan fingerprint density at radius 3 is 2.81 bits per heavy atom. The summed E-state index contributed by atoms with van der Waals surface area (Å²) >= 11 is 0. The van der Waals surface area contributed by atoms with Crippen LogP contribution in [0.1, 0.15) is 11.1 Å². The maximum atomic E-state index is 13.1. The van der Waals surface area contributed by atoms with E-state index in [1.54, 1.807) is 6.07 Å². The van der Waals surface area contributed by atoms with Crippen LogP contribution in [0.4, 0.5) is 4.39 Å². The molecule has 0 bridgehead atoms. The number of rotatable bonds is 7. The number of esters is 1. The fourth-order valence-electron chi connectivity index (χ4n) is 2.74. The molecule has 0 fully saturated rings. The van der Waals surface area contributed by atoms with Crippen molar-refractivity contribution in [2.45, 2.75) is 12.8 Å². The van der Waals surface area contributed by atoms with Crippen LogP contribution in [0.5, 0.6) is 0 Å². The van der Waals surface area contributed by atoms with Gasteiger partial charge in [-0.1, -0.05) is 30.3 Å². The van der Waals surface area contributed by atoms with E-state index in [4.69, 9.17) is 4.74 Å². The number of para-hydroxylation sites is 1. The lowest BCUT2D eigenvalue weighted by Crippen LogP contribution is -2.30. The van der Waals surface area contributed by atoms with Crippen molar-refractivity contribution in [2.24, 2.45) is 0 Å². The van der Waals surface area contributed by atoms with Crippen molar-refractivity contribution in [2.75, 3.05) is 13.2 Å². The molecule has 0 radical (unpaired) electrons. The fourth-order valence-corrected chi connectivity index (χ4v) is 2.74. The normalized spacial score (nSPS) is 10.7. The smallest absolute Gasteiger partial charge is 0.310 e. The van der Waals surface area contributed by atoms with E-state index < -0.39 is 11.8 Å². The Balaban J connectivity index is 1.39. The van der Waals surface area contributed by atoms with Crippen LogP contribution in [-0.4, -0.2) is 30.0 Å². The number of hydrogen-bond acceptors (Lipinski definition) is 3. The molecule has 0 spiro atoms. The maximum absolute atomic E-state index is 13.1. The molecule has 0 atom stereocenters. The van der Waals surface area contributed by atoms with E-state index in [1.165, 1.54) is 18.2 Å². The Hall–Kier alpha value is -3.15. The summed E-state index contributed by atoms with van der Waals surface area (Å²) in [5, 5.41) is 3.85. The number of H-pyrrole nitrogens is 1. The molecule has 134 valence electrons. The molecule has 1 amide bonds. The van der Waals surface area contributed by atoms with E-state index in [1.807, 2.05) is 30.5 Å². The molecule has 0 aliphatic heterocycles. The van der Waals surface area contributed by atoms with Gasteiger partial charge in [0.1, 0.15) is 5.82 Å². The summed E-state index contributed by atoms with van der Waals surface area (Å²) in [6.45, 7) is 0.101. The zero-order valence-corrected chi connectivity index (χ0v) is 14.1. The van der Waals surface area contributed by atoms with E-state index >= 15 is 0 Å². The molecule has 1 aromatic heterocycles. The Morgan fingerprint density at radius 2 is 1.96 bits per heavy atom. The molecular weight excluding hydrogens is 335 g/mol. The zero-order chi connectivity index (χ0) is 18.4. The fraction of sp³-hybridized carbons (Fsp3) is 0.200. The number of ether oxygens (including phenoxy) is 1. The number of aromatic amines is 1. The van der Waals surface area contributed by atoms with Crippen molar-refractivity contribution in [3.8, 4) is 0 Å². The summed E-state index contributed by atoms with van der Waals surface area (Å²) in [6, 6.07) is 13.7. The minimum atomic E-state index is -0.567. The molecule has 26 heavy (non-hydrogen) atoms. The van der Waals surface area contributed by atoms with Gasteiger partial charge in [-0.15, -0.1) is 0 Å². The summed E-state index contributed by atoms with van der Waals surface area (Å²) in [4.78, 5) is 26.7. The number of hydrogen-bond donors (Lipinski definition) is 2. The van der Waals surface area contributed by atoms with Crippen LogP contribution in [0, 0.1) is 5.82 Å². The number of carbonyl (C=O) groups excluding carboxylic acids is 2. The SMILES string of the molecule is O=C(COC(=O)Cc1cccc(F)c1)NCCc1c[nH]c2ccccc12. The zero-order valence-electron chi connectivity index (χ0n) is 14.1. The number of nitrogens with one attached hydrogen (secondary N) is 2. The second-order valence-electron chi connectivity index (χ2n) is 5.93. The molecule has 3 aromatic rings. The monoisotopic (exact) mass is 354 g/mol. The van der Waals surface area contributed by atoms with Crippen molar-refractivity contribution < 1.29 is 18.7 Å². The number of amides is 1. The summed E-state index contributed by atoms with van der Waals surface area (Å²) in [6.07, 6.45) is 2.53. The van der Waals surface area contributed by atoms with Crippen molar-refractivity contribution >= 4 is 22.8 Å². The van der Waals surface area contributed by atoms with Crippen molar-refractivity contribution in [3.63, 3.8) is 0 Å². The van der Waals surface area contributed by atoms with Gasteiger partial charge in [-0.2, -0.15) is 0 Å². The van der Waals surface area contributed by atoms with Crippen LogP contribution in [0.3, 0.4) is 0 Å². The quantitative estimate of drug-likeness (QED) is 0.641. The minimum Gasteiger partial charge on any atom is -0.455 e. The average Bonchev–Trinajstić information content (AvgIpc) is 3.03. The summed E-state index contributed by atoms with van der Waals surface area (Å²) < 4.78 is 18.0. The van der Waals surface area contributed by atoms with Crippen LogP contribution in [0.2, 0.25) is 0 Å². The minimum absolute atomic E-state index is 0.0691. The lowest BCUT2D eigenvalue weighted by molar-refractivity contribution is -0.147. The van der Waals surface area contributed by atoms with Crippen molar-refractivity contribution in [1.82, 2.24) is 10.3 Å². The summed E-state index contributed by atoms with van der Waals surface area (Å²) in [7, 11) is 0. The third-order valence-corrected chi connectivity index (χ3v) is 3.99. The number of aromatic nitrogens is 1. The molecular formula is C20H19FN2O3. The first kappa shape index (κ1) is 17.7. The van der Waals surface area contributed by atoms with Crippen LogP contribution in [0.15, 0.2) is 54.7 Å². The van der Waals surface area contributed by atoms with Crippen LogP contribution < -0.4 is 5.32 Å². The lowest BCUT2D eigenvalue weighted by atomic mass is 10.1. The number of fused-ring (bicyclic) bond motifs is 1. The van der Waals surface area contributed by atoms with Crippen LogP contribution in [-0.2, 0) is 27.2 Å². The summed E-state index contributed by atoms with van der Waals surface area (Å²) in [5.74, 6) is -1.34. The highest BCUT2D eigenvalue weighted by atomic mass is 19.1. The second kappa shape index (κ2) is 8.29. The van der Waals surface area contributed by atoms with E-state index in [2.05, 4.69) is 10.3 Å². The number of benzene rings is 2. The van der Waals surface area contributed by atoms with Crippen molar-refractivity contribution in [3.05, 3.63) is 71.7 Å². The predicted molar refractivity (Wildman–Crippen MR) is 96.1 cm³/mol. The molecule has 0 saturated heterocycles. The van der Waals surface area contributed by atoms with Gasteiger partial charge in [0.25, 0.3) is 5.91 Å². The Bertz CT molecular complexity index is 920. The highest BCUT2D eigenvalue weighted by molar-refractivity contribution is 5.83. The molecule has 1 heterocycles.